The highest BCUT2D eigenvalue weighted by atomic mass is 19.1. The first-order chi connectivity index (χ1) is 6.66. The van der Waals surface area contributed by atoms with Gasteiger partial charge < -0.3 is 4.42 Å². The molecule has 0 saturated heterocycles. The molecule has 1 radical (unpaired) electrons. The Morgan fingerprint density at radius 3 is 2.64 bits per heavy atom. The van der Waals surface area contributed by atoms with Crippen LogP contribution in [-0.2, 0) is 0 Å². The van der Waals surface area contributed by atoms with E-state index in [1.165, 1.54) is 12.3 Å². The molecule has 1 heterocycles. The second kappa shape index (κ2) is 3.21. The topological polar surface area (TPSA) is 26.0 Å². The zero-order valence-electron chi connectivity index (χ0n) is 7.13. The van der Waals surface area contributed by atoms with Gasteiger partial charge in [-0.3, -0.25) is 0 Å². The van der Waals surface area contributed by atoms with E-state index < -0.39 is 11.6 Å². The van der Waals surface area contributed by atoms with Crippen LogP contribution in [0.3, 0.4) is 0 Å². The van der Waals surface area contributed by atoms with Crippen molar-refractivity contribution in [3.05, 3.63) is 48.7 Å². The van der Waals surface area contributed by atoms with E-state index in [1.54, 1.807) is 0 Å². The third-order valence-electron chi connectivity index (χ3n) is 1.71. The molecule has 0 aliphatic heterocycles. The zero-order valence-corrected chi connectivity index (χ0v) is 7.13. The van der Waals surface area contributed by atoms with E-state index in [9.17, 15) is 8.78 Å². The van der Waals surface area contributed by atoms with Crippen molar-refractivity contribution in [2.45, 2.75) is 0 Å². The van der Waals surface area contributed by atoms with Gasteiger partial charge in [0.05, 0.1) is 11.3 Å². The summed E-state index contributed by atoms with van der Waals surface area (Å²) in [5.41, 5.74) is 0.532. The monoisotopic (exact) mass is 194 g/mol. The van der Waals surface area contributed by atoms with Crippen molar-refractivity contribution in [1.29, 1.82) is 0 Å². The molecule has 0 spiro atoms. The molecule has 0 saturated carbocycles. The Labute approximate surface area is 79.2 Å². The molecule has 0 aliphatic carbocycles. The summed E-state index contributed by atoms with van der Waals surface area (Å²) in [7, 11) is 0. The fourth-order valence-electron chi connectivity index (χ4n) is 1.09. The minimum Gasteiger partial charge on any atom is -0.444 e. The van der Waals surface area contributed by atoms with Gasteiger partial charge in [0.1, 0.15) is 17.9 Å². The van der Waals surface area contributed by atoms with Gasteiger partial charge in [-0.05, 0) is 19.1 Å². The number of benzene rings is 1. The summed E-state index contributed by atoms with van der Waals surface area (Å²) in [5, 5.41) is 0. The number of hydrogen-bond acceptors (Lipinski definition) is 2. The predicted molar refractivity (Wildman–Crippen MR) is 46.3 cm³/mol. The number of oxazole rings is 1. The van der Waals surface area contributed by atoms with Crippen LogP contribution in [0.4, 0.5) is 8.78 Å². The SMILES string of the molecule is [CH2]c1coc(-c2ccc(F)cc2F)n1. The molecule has 0 unspecified atom stereocenters. The molecule has 0 atom stereocenters. The molecule has 0 fully saturated rings. The Balaban J connectivity index is 2.52. The van der Waals surface area contributed by atoms with Gasteiger partial charge >= 0.3 is 0 Å². The van der Waals surface area contributed by atoms with Gasteiger partial charge in [-0.15, -0.1) is 0 Å². The maximum Gasteiger partial charge on any atom is 0.229 e. The van der Waals surface area contributed by atoms with E-state index >= 15 is 0 Å². The molecule has 71 valence electrons. The van der Waals surface area contributed by atoms with Gasteiger partial charge in [-0.2, -0.15) is 0 Å². The molecule has 0 amide bonds. The lowest BCUT2D eigenvalue weighted by Crippen LogP contribution is -1.86. The van der Waals surface area contributed by atoms with Gasteiger partial charge in [0, 0.05) is 6.07 Å². The molecular weight excluding hydrogens is 188 g/mol. The minimum atomic E-state index is -0.702. The van der Waals surface area contributed by atoms with E-state index in [0.29, 0.717) is 5.69 Å². The van der Waals surface area contributed by atoms with Crippen molar-refractivity contribution < 1.29 is 13.2 Å². The molecule has 0 aliphatic rings. The summed E-state index contributed by atoms with van der Waals surface area (Å²) in [6.07, 6.45) is 1.30. The molecule has 2 aromatic rings. The second-order valence-corrected chi connectivity index (χ2v) is 2.77. The maximum atomic E-state index is 13.2. The molecule has 2 nitrogen and oxygen atoms in total. The van der Waals surface area contributed by atoms with Crippen LogP contribution in [0, 0.1) is 18.6 Å². The Bertz CT molecular complexity index is 465. The second-order valence-electron chi connectivity index (χ2n) is 2.77. The third-order valence-corrected chi connectivity index (χ3v) is 1.71. The van der Waals surface area contributed by atoms with Gasteiger partial charge in [-0.1, -0.05) is 0 Å². The highest BCUT2D eigenvalue weighted by Gasteiger charge is 2.10. The molecule has 14 heavy (non-hydrogen) atoms. The first-order valence-electron chi connectivity index (χ1n) is 3.90. The Hall–Kier alpha value is -1.71. The quantitative estimate of drug-likeness (QED) is 0.697. The van der Waals surface area contributed by atoms with Gasteiger partial charge in [0.25, 0.3) is 0 Å². The van der Waals surface area contributed by atoms with Crippen LogP contribution >= 0.6 is 0 Å². The smallest absolute Gasteiger partial charge is 0.229 e. The number of nitrogens with zero attached hydrogens (tertiary/aromatic N) is 1. The first-order valence-corrected chi connectivity index (χ1v) is 3.90. The lowest BCUT2D eigenvalue weighted by Gasteiger charge is -1.97. The predicted octanol–water partition coefficient (Wildman–Crippen LogP) is 2.80. The van der Waals surface area contributed by atoms with E-state index in [4.69, 9.17) is 4.42 Å². The minimum absolute atomic E-state index is 0.104. The van der Waals surface area contributed by atoms with E-state index in [-0.39, 0.29) is 11.5 Å². The van der Waals surface area contributed by atoms with Crippen molar-refractivity contribution in [1.82, 2.24) is 4.98 Å². The summed E-state index contributed by atoms with van der Waals surface area (Å²) in [4.78, 5) is 3.83. The number of rotatable bonds is 1. The van der Waals surface area contributed by atoms with Crippen LogP contribution in [0.25, 0.3) is 11.5 Å². The maximum absolute atomic E-state index is 13.2. The lowest BCUT2D eigenvalue weighted by molar-refractivity contribution is 0.554. The summed E-state index contributed by atoms with van der Waals surface area (Å²) in [5.74, 6) is -1.23. The Kier molecular flexibility index (Phi) is 2.04. The van der Waals surface area contributed by atoms with Crippen LogP contribution in [0.2, 0.25) is 0 Å². The van der Waals surface area contributed by atoms with Gasteiger partial charge in [0.2, 0.25) is 5.89 Å². The summed E-state index contributed by atoms with van der Waals surface area (Å²) in [6, 6.07) is 3.20. The normalized spacial score (nSPS) is 10.5. The van der Waals surface area contributed by atoms with Gasteiger partial charge in [0.15, 0.2) is 0 Å². The first kappa shape index (κ1) is 8.87. The van der Waals surface area contributed by atoms with Crippen molar-refractivity contribution in [3.63, 3.8) is 0 Å². The third kappa shape index (κ3) is 1.51. The van der Waals surface area contributed by atoms with Crippen LogP contribution in [0.1, 0.15) is 5.69 Å². The van der Waals surface area contributed by atoms with Gasteiger partial charge in [-0.25, -0.2) is 13.8 Å². The molecule has 0 N–H and O–H groups in total. The molecule has 0 bridgehead atoms. The summed E-state index contributed by atoms with van der Waals surface area (Å²) >= 11 is 0. The van der Waals surface area contributed by atoms with Crippen LogP contribution < -0.4 is 0 Å². The van der Waals surface area contributed by atoms with E-state index in [2.05, 4.69) is 11.9 Å². The number of hydrogen-bond donors (Lipinski definition) is 0. The largest absolute Gasteiger partial charge is 0.444 e. The molecule has 4 heteroatoms. The zero-order chi connectivity index (χ0) is 10.1. The Morgan fingerprint density at radius 2 is 2.07 bits per heavy atom. The van der Waals surface area contributed by atoms with Crippen molar-refractivity contribution in [2.24, 2.45) is 0 Å². The number of aromatic nitrogens is 1. The average molecular weight is 194 g/mol. The lowest BCUT2D eigenvalue weighted by atomic mass is 10.2. The van der Waals surface area contributed by atoms with E-state index in [1.807, 2.05) is 0 Å². The van der Waals surface area contributed by atoms with Crippen LogP contribution in [0.5, 0.6) is 0 Å². The molecule has 2 rings (SSSR count). The van der Waals surface area contributed by atoms with Crippen molar-refractivity contribution in [2.75, 3.05) is 0 Å². The molecule has 1 aromatic carbocycles. The highest BCUT2D eigenvalue weighted by molar-refractivity contribution is 5.54. The fourth-order valence-corrected chi connectivity index (χ4v) is 1.09. The standard InChI is InChI=1S/C10H6F2NO/c1-6-5-14-10(13-6)8-3-2-7(11)4-9(8)12/h2-5H,1H2. The van der Waals surface area contributed by atoms with Crippen LogP contribution in [0.15, 0.2) is 28.9 Å². The molecule has 1 aromatic heterocycles. The number of halogens is 2. The molecular formula is C10H6F2NO. The average Bonchev–Trinajstić information content (AvgIpc) is 2.51. The van der Waals surface area contributed by atoms with Crippen LogP contribution in [-0.4, -0.2) is 4.98 Å². The Morgan fingerprint density at radius 1 is 1.29 bits per heavy atom. The van der Waals surface area contributed by atoms with Crippen molar-refractivity contribution >= 4 is 0 Å². The highest BCUT2D eigenvalue weighted by Crippen LogP contribution is 2.22. The fraction of sp³-hybridized carbons (Fsp3) is 0. The van der Waals surface area contributed by atoms with E-state index in [0.717, 1.165) is 12.1 Å². The summed E-state index contributed by atoms with van der Waals surface area (Å²) < 4.78 is 30.7. The van der Waals surface area contributed by atoms with Crippen molar-refractivity contribution in [3.8, 4) is 11.5 Å². The summed E-state index contributed by atoms with van der Waals surface area (Å²) in [6.45, 7) is 3.51.